The highest BCUT2D eigenvalue weighted by atomic mass is 16.4. The Labute approximate surface area is 118 Å². The van der Waals surface area contributed by atoms with Crippen LogP contribution in [0.4, 0.5) is 4.79 Å². The molecule has 20 heavy (non-hydrogen) atoms. The smallest absolute Gasteiger partial charge is 0.326 e. The topological polar surface area (TPSA) is 98.7 Å². The van der Waals surface area contributed by atoms with Gasteiger partial charge in [0, 0.05) is 26.1 Å². The Kier molecular flexibility index (Phi) is 6.27. The van der Waals surface area contributed by atoms with Crippen molar-refractivity contribution in [1.82, 2.24) is 15.5 Å². The van der Waals surface area contributed by atoms with Gasteiger partial charge in [0.05, 0.1) is 0 Å². The summed E-state index contributed by atoms with van der Waals surface area (Å²) in [4.78, 5) is 35.8. The fourth-order valence-corrected chi connectivity index (χ4v) is 2.29. The first-order valence-corrected chi connectivity index (χ1v) is 6.99. The van der Waals surface area contributed by atoms with E-state index in [4.69, 9.17) is 0 Å². The molecule has 0 aromatic heterocycles. The SMILES string of the molecule is CCNC(=O)CCNC(=O)N1CCC(C)CC1C(=O)O. The summed E-state index contributed by atoms with van der Waals surface area (Å²) in [5, 5.41) is 14.4. The van der Waals surface area contributed by atoms with E-state index in [9.17, 15) is 19.5 Å². The molecule has 7 heteroatoms. The van der Waals surface area contributed by atoms with Crippen LogP contribution in [0.1, 0.15) is 33.1 Å². The Bertz CT molecular complexity index is 373. The summed E-state index contributed by atoms with van der Waals surface area (Å²) in [6.45, 7) is 5.01. The van der Waals surface area contributed by atoms with Gasteiger partial charge in [-0.25, -0.2) is 9.59 Å². The Morgan fingerprint density at radius 1 is 1.30 bits per heavy atom. The molecule has 2 atom stereocenters. The number of amides is 3. The molecule has 0 spiro atoms. The van der Waals surface area contributed by atoms with E-state index in [1.165, 1.54) is 4.90 Å². The molecule has 0 radical (unpaired) electrons. The van der Waals surface area contributed by atoms with Crippen molar-refractivity contribution in [3.63, 3.8) is 0 Å². The molecule has 1 heterocycles. The first kappa shape index (κ1) is 16.3. The van der Waals surface area contributed by atoms with Crippen LogP contribution in [0.2, 0.25) is 0 Å². The summed E-state index contributed by atoms with van der Waals surface area (Å²) in [5.41, 5.74) is 0. The fraction of sp³-hybridized carbons (Fsp3) is 0.769. The molecule has 3 N–H and O–H groups in total. The zero-order valence-corrected chi connectivity index (χ0v) is 12.0. The number of rotatable bonds is 5. The maximum atomic E-state index is 12.0. The van der Waals surface area contributed by atoms with Gasteiger partial charge in [-0.05, 0) is 25.7 Å². The Hall–Kier alpha value is -1.79. The monoisotopic (exact) mass is 285 g/mol. The number of piperidine rings is 1. The van der Waals surface area contributed by atoms with Gasteiger partial charge in [0.25, 0.3) is 0 Å². The quantitative estimate of drug-likeness (QED) is 0.681. The Balaban J connectivity index is 2.44. The second-order valence-electron chi connectivity index (χ2n) is 5.11. The third-order valence-corrected chi connectivity index (χ3v) is 3.41. The van der Waals surface area contributed by atoms with Crippen molar-refractivity contribution < 1.29 is 19.5 Å². The third-order valence-electron chi connectivity index (χ3n) is 3.41. The van der Waals surface area contributed by atoms with Crippen molar-refractivity contribution in [3.8, 4) is 0 Å². The molecule has 3 amide bonds. The summed E-state index contributed by atoms with van der Waals surface area (Å²) < 4.78 is 0. The van der Waals surface area contributed by atoms with E-state index in [1.54, 1.807) is 0 Å². The Morgan fingerprint density at radius 3 is 2.60 bits per heavy atom. The molecule has 0 aromatic carbocycles. The molecule has 1 rings (SSSR count). The number of likely N-dealkylation sites (tertiary alicyclic amines) is 1. The minimum Gasteiger partial charge on any atom is -0.480 e. The Morgan fingerprint density at radius 2 is 2.00 bits per heavy atom. The van der Waals surface area contributed by atoms with Crippen LogP contribution in [-0.4, -0.2) is 53.6 Å². The van der Waals surface area contributed by atoms with Crippen LogP contribution in [0.15, 0.2) is 0 Å². The van der Waals surface area contributed by atoms with E-state index in [1.807, 2.05) is 13.8 Å². The first-order valence-electron chi connectivity index (χ1n) is 6.99. The molecule has 1 fully saturated rings. The highest BCUT2D eigenvalue weighted by molar-refractivity contribution is 5.83. The lowest BCUT2D eigenvalue weighted by Gasteiger charge is -2.35. The van der Waals surface area contributed by atoms with Crippen LogP contribution in [0.3, 0.4) is 0 Å². The van der Waals surface area contributed by atoms with Crippen LogP contribution in [0.5, 0.6) is 0 Å². The molecule has 0 aromatic rings. The minimum atomic E-state index is -0.976. The van der Waals surface area contributed by atoms with Crippen molar-refractivity contribution in [2.45, 2.75) is 39.2 Å². The van der Waals surface area contributed by atoms with E-state index < -0.39 is 18.0 Å². The molecule has 114 valence electrons. The second-order valence-corrected chi connectivity index (χ2v) is 5.11. The number of carbonyl (C=O) groups excluding carboxylic acids is 2. The maximum absolute atomic E-state index is 12.0. The lowest BCUT2D eigenvalue weighted by Crippen LogP contribution is -2.53. The maximum Gasteiger partial charge on any atom is 0.326 e. The number of aliphatic carboxylic acids is 1. The van der Waals surface area contributed by atoms with Crippen molar-refractivity contribution in [1.29, 1.82) is 0 Å². The van der Waals surface area contributed by atoms with Crippen LogP contribution in [0, 0.1) is 5.92 Å². The number of carboxylic acid groups (broad SMARTS) is 1. The van der Waals surface area contributed by atoms with Crippen molar-refractivity contribution >= 4 is 17.9 Å². The van der Waals surface area contributed by atoms with Gasteiger partial charge in [0.1, 0.15) is 6.04 Å². The molecular formula is C13H23N3O4. The van der Waals surface area contributed by atoms with Gasteiger partial charge in [-0.15, -0.1) is 0 Å². The van der Waals surface area contributed by atoms with Crippen molar-refractivity contribution in [2.24, 2.45) is 5.92 Å². The standard InChI is InChI=1S/C13H23N3O4/c1-3-14-11(17)4-6-15-13(20)16-7-5-9(2)8-10(16)12(18)19/h9-10H,3-8H2,1-2H3,(H,14,17)(H,15,20)(H,18,19). The zero-order valence-electron chi connectivity index (χ0n) is 12.0. The molecule has 2 unspecified atom stereocenters. The molecule has 1 aliphatic heterocycles. The number of hydrogen-bond donors (Lipinski definition) is 3. The lowest BCUT2D eigenvalue weighted by molar-refractivity contribution is -0.143. The summed E-state index contributed by atoms with van der Waals surface area (Å²) in [5.74, 6) is -0.805. The van der Waals surface area contributed by atoms with Crippen LogP contribution >= 0.6 is 0 Å². The van der Waals surface area contributed by atoms with Gasteiger partial charge >= 0.3 is 12.0 Å². The van der Waals surface area contributed by atoms with Crippen molar-refractivity contribution in [3.05, 3.63) is 0 Å². The summed E-state index contributed by atoms with van der Waals surface area (Å²) in [6.07, 6.45) is 1.47. The first-order chi connectivity index (χ1) is 9.45. The van der Waals surface area contributed by atoms with Crippen LogP contribution < -0.4 is 10.6 Å². The number of nitrogens with zero attached hydrogens (tertiary/aromatic N) is 1. The van der Waals surface area contributed by atoms with E-state index in [-0.39, 0.29) is 18.9 Å². The fourth-order valence-electron chi connectivity index (χ4n) is 2.29. The zero-order chi connectivity index (χ0) is 15.1. The van der Waals surface area contributed by atoms with Gasteiger partial charge in [0.15, 0.2) is 0 Å². The number of carbonyl (C=O) groups is 3. The normalized spacial score (nSPS) is 22.2. The predicted octanol–water partition coefficient (Wildman–Crippen LogP) is 0.407. The van der Waals surface area contributed by atoms with Gasteiger partial charge in [-0.3, -0.25) is 4.79 Å². The predicted molar refractivity (Wildman–Crippen MR) is 73.2 cm³/mol. The van der Waals surface area contributed by atoms with Crippen LogP contribution in [0.25, 0.3) is 0 Å². The van der Waals surface area contributed by atoms with Crippen molar-refractivity contribution in [2.75, 3.05) is 19.6 Å². The summed E-state index contributed by atoms with van der Waals surface area (Å²) >= 11 is 0. The molecule has 7 nitrogen and oxygen atoms in total. The molecule has 1 saturated heterocycles. The van der Waals surface area contributed by atoms with E-state index in [0.29, 0.717) is 25.4 Å². The average Bonchev–Trinajstić information content (AvgIpc) is 2.38. The molecule has 0 saturated carbocycles. The van der Waals surface area contributed by atoms with Gasteiger partial charge in [-0.1, -0.05) is 6.92 Å². The molecular weight excluding hydrogens is 262 g/mol. The number of carboxylic acids is 1. The molecule has 0 bridgehead atoms. The highest BCUT2D eigenvalue weighted by Crippen LogP contribution is 2.22. The summed E-state index contributed by atoms with van der Waals surface area (Å²) in [7, 11) is 0. The number of nitrogens with one attached hydrogen (secondary N) is 2. The largest absolute Gasteiger partial charge is 0.480 e. The molecule has 1 aliphatic rings. The van der Waals surface area contributed by atoms with Gasteiger partial charge in [0.2, 0.25) is 5.91 Å². The second kappa shape index (κ2) is 7.72. The van der Waals surface area contributed by atoms with Crippen LogP contribution in [-0.2, 0) is 9.59 Å². The third kappa shape index (κ3) is 4.71. The number of hydrogen-bond acceptors (Lipinski definition) is 3. The molecule has 0 aliphatic carbocycles. The average molecular weight is 285 g/mol. The van der Waals surface area contributed by atoms with Gasteiger partial charge < -0.3 is 20.6 Å². The van der Waals surface area contributed by atoms with Gasteiger partial charge in [-0.2, -0.15) is 0 Å². The minimum absolute atomic E-state index is 0.130. The highest BCUT2D eigenvalue weighted by Gasteiger charge is 2.34. The van der Waals surface area contributed by atoms with E-state index in [2.05, 4.69) is 10.6 Å². The van der Waals surface area contributed by atoms with E-state index in [0.717, 1.165) is 6.42 Å². The number of urea groups is 1. The lowest BCUT2D eigenvalue weighted by atomic mass is 9.93. The van der Waals surface area contributed by atoms with E-state index >= 15 is 0 Å². The summed E-state index contributed by atoms with van der Waals surface area (Å²) in [6, 6.07) is -1.18.